The highest BCUT2D eigenvalue weighted by atomic mass is 32.2. The zero-order valence-electron chi connectivity index (χ0n) is 14.3. The standard InChI is InChI=1S/C18H23NO4S/c1-4-23-18(21)11-15-14-7-5-6-8-16(14)19-17(15)10-9-13(20)12-24(2,3)22/h5-8,12,19H,4,9-11H2,1-3H3. The molecule has 1 heterocycles. The molecule has 0 atom stereocenters. The van der Waals surface area contributed by atoms with Crippen molar-refractivity contribution < 1.29 is 18.5 Å². The van der Waals surface area contributed by atoms with Crippen LogP contribution in [0, 0.1) is 0 Å². The van der Waals surface area contributed by atoms with E-state index in [-0.39, 0.29) is 24.6 Å². The van der Waals surface area contributed by atoms with Gasteiger partial charge in [-0.3, -0.25) is 13.8 Å². The van der Waals surface area contributed by atoms with Crippen molar-refractivity contribution in [3.05, 3.63) is 35.5 Å². The fourth-order valence-electron chi connectivity index (χ4n) is 2.65. The van der Waals surface area contributed by atoms with Gasteiger partial charge in [0.2, 0.25) is 0 Å². The number of hydrogen-bond donors (Lipinski definition) is 1. The van der Waals surface area contributed by atoms with E-state index in [9.17, 15) is 13.8 Å². The van der Waals surface area contributed by atoms with E-state index in [1.807, 2.05) is 24.3 Å². The number of carbonyl (C=O) groups excluding carboxylic acids is 2. The Bertz CT molecular complexity index is 864. The largest absolute Gasteiger partial charge is 0.466 e. The number of benzene rings is 1. The maximum Gasteiger partial charge on any atom is 0.310 e. The normalized spacial score (nSPS) is 11.5. The van der Waals surface area contributed by atoms with Crippen molar-refractivity contribution in [1.29, 1.82) is 0 Å². The van der Waals surface area contributed by atoms with Gasteiger partial charge < -0.3 is 9.72 Å². The summed E-state index contributed by atoms with van der Waals surface area (Å²) in [5.41, 5.74) is 2.65. The maximum atomic E-state index is 11.9. The smallest absolute Gasteiger partial charge is 0.310 e. The van der Waals surface area contributed by atoms with Crippen LogP contribution in [-0.4, -0.2) is 45.4 Å². The second kappa shape index (κ2) is 7.66. The van der Waals surface area contributed by atoms with E-state index in [2.05, 4.69) is 4.98 Å². The maximum absolute atomic E-state index is 11.9. The van der Waals surface area contributed by atoms with Crippen LogP contribution in [0.25, 0.3) is 10.9 Å². The molecule has 0 aliphatic carbocycles. The van der Waals surface area contributed by atoms with Crippen molar-refractivity contribution in [2.24, 2.45) is 0 Å². The number of H-pyrrole nitrogens is 1. The average Bonchev–Trinajstić information content (AvgIpc) is 2.82. The molecule has 0 bridgehead atoms. The number of ketones is 1. The molecule has 0 spiro atoms. The molecule has 0 unspecified atom stereocenters. The predicted octanol–water partition coefficient (Wildman–Crippen LogP) is 2.12. The lowest BCUT2D eigenvalue weighted by atomic mass is 10.0. The molecule has 1 aromatic carbocycles. The van der Waals surface area contributed by atoms with Crippen LogP contribution < -0.4 is 0 Å². The van der Waals surface area contributed by atoms with E-state index in [1.165, 1.54) is 5.37 Å². The zero-order valence-corrected chi connectivity index (χ0v) is 15.1. The van der Waals surface area contributed by atoms with Crippen molar-refractivity contribution in [3.63, 3.8) is 0 Å². The summed E-state index contributed by atoms with van der Waals surface area (Å²) in [6.45, 7) is 2.11. The molecule has 24 heavy (non-hydrogen) atoms. The first-order valence-electron chi connectivity index (χ1n) is 7.86. The molecule has 0 aliphatic heterocycles. The summed E-state index contributed by atoms with van der Waals surface area (Å²) in [6.07, 6.45) is 3.97. The number of aryl methyl sites for hydroxylation is 1. The molecule has 2 rings (SSSR count). The Balaban J connectivity index is 2.27. The third-order valence-corrected chi connectivity index (χ3v) is 4.40. The lowest BCUT2D eigenvalue weighted by Gasteiger charge is -2.05. The molecule has 0 radical (unpaired) electrons. The van der Waals surface area contributed by atoms with E-state index >= 15 is 0 Å². The predicted molar refractivity (Wildman–Crippen MR) is 98.0 cm³/mol. The molecule has 0 saturated heterocycles. The summed E-state index contributed by atoms with van der Waals surface area (Å²) in [5, 5.41) is 2.26. The van der Waals surface area contributed by atoms with Gasteiger partial charge in [-0.25, -0.2) is 0 Å². The van der Waals surface area contributed by atoms with E-state index < -0.39 is 9.52 Å². The third-order valence-electron chi connectivity index (χ3n) is 3.57. The second-order valence-corrected chi connectivity index (χ2v) is 8.86. The summed E-state index contributed by atoms with van der Waals surface area (Å²) in [7, 11) is -2.20. The van der Waals surface area contributed by atoms with Crippen LogP contribution in [0.15, 0.2) is 24.3 Å². The number of rotatable bonds is 7. The fraction of sp³-hybridized carbons (Fsp3) is 0.389. The van der Waals surface area contributed by atoms with Crippen LogP contribution in [0.2, 0.25) is 0 Å². The van der Waals surface area contributed by atoms with Gasteiger partial charge in [0.05, 0.1) is 13.0 Å². The highest BCUT2D eigenvalue weighted by molar-refractivity contribution is 8.01. The van der Waals surface area contributed by atoms with Gasteiger partial charge in [-0.05, 0) is 34.5 Å². The van der Waals surface area contributed by atoms with E-state index in [4.69, 9.17) is 4.74 Å². The fourth-order valence-corrected chi connectivity index (χ4v) is 3.40. The molecule has 1 aromatic heterocycles. The monoisotopic (exact) mass is 349 g/mol. The van der Waals surface area contributed by atoms with Crippen molar-refractivity contribution in [2.75, 3.05) is 19.1 Å². The summed E-state index contributed by atoms with van der Waals surface area (Å²) in [6, 6.07) is 7.71. The second-order valence-electron chi connectivity index (χ2n) is 6.00. The zero-order chi connectivity index (χ0) is 17.7. The van der Waals surface area contributed by atoms with Crippen LogP contribution in [0.3, 0.4) is 0 Å². The van der Waals surface area contributed by atoms with Gasteiger partial charge in [0.15, 0.2) is 5.78 Å². The lowest BCUT2D eigenvalue weighted by molar-refractivity contribution is -0.142. The van der Waals surface area contributed by atoms with Crippen LogP contribution in [0.1, 0.15) is 24.6 Å². The van der Waals surface area contributed by atoms with Crippen molar-refractivity contribution in [3.8, 4) is 0 Å². The van der Waals surface area contributed by atoms with Crippen LogP contribution in [0.4, 0.5) is 0 Å². The van der Waals surface area contributed by atoms with E-state index in [1.54, 1.807) is 19.4 Å². The molecule has 5 nitrogen and oxygen atoms in total. The Morgan fingerprint density at radius 1 is 1.25 bits per heavy atom. The number of hydrogen-bond acceptors (Lipinski definition) is 4. The highest BCUT2D eigenvalue weighted by Gasteiger charge is 2.16. The number of aromatic amines is 1. The summed E-state index contributed by atoms with van der Waals surface area (Å²) in [4.78, 5) is 27.1. The molecule has 0 saturated carbocycles. The molecule has 0 aliphatic rings. The minimum absolute atomic E-state index is 0.147. The molecule has 1 N–H and O–H groups in total. The van der Waals surface area contributed by atoms with Gasteiger partial charge in [0.1, 0.15) is 0 Å². The van der Waals surface area contributed by atoms with E-state index in [0.29, 0.717) is 13.0 Å². The van der Waals surface area contributed by atoms with Gasteiger partial charge in [-0.2, -0.15) is 0 Å². The van der Waals surface area contributed by atoms with Crippen LogP contribution in [-0.2, 0) is 36.7 Å². The van der Waals surface area contributed by atoms with Crippen LogP contribution >= 0.6 is 0 Å². The first-order chi connectivity index (χ1) is 11.3. The Morgan fingerprint density at radius 3 is 2.62 bits per heavy atom. The molecular formula is C18H23NO4S. The van der Waals surface area contributed by atoms with Crippen molar-refractivity contribution in [1.82, 2.24) is 4.98 Å². The molecule has 0 amide bonds. The van der Waals surface area contributed by atoms with Gasteiger partial charge in [0, 0.05) is 40.9 Å². The number of para-hydroxylation sites is 1. The molecule has 0 fully saturated rings. The Hall–Kier alpha value is -2.08. The first-order valence-corrected chi connectivity index (χ1v) is 10.3. The molecule has 130 valence electrons. The van der Waals surface area contributed by atoms with Gasteiger partial charge >= 0.3 is 5.97 Å². The number of ether oxygens (including phenoxy) is 1. The molecule has 6 heteroatoms. The molecular weight excluding hydrogens is 326 g/mol. The van der Waals surface area contributed by atoms with E-state index in [0.717, 1.165) is 22.2 Å². The lowest BCUT2D eigenvalue weighted by Crippen LogP contribution is -2.11. The van der Waals surface area contributed by atoms with Crippen molar-refractivity contribution in [2.45, 2.75) is 26.2 Å². The topological polar surface area (TPSA) is 76.2 Å². The van der Waals surface area contributed by atoms with Crippen LogP contribution in [0.5, 0.6) is 0 Å². The molecule has 2 aromatic rings. The first kappa shape index (κ1) is 18.3. The Morgan fingerprint density at radius 2 is 1.96 bits per heavy atom. The quantitative estimate of drug-likeness (QED) is 0.614. The number of esters is 1. The SMILES string of the molecule is CCOC(=O)Cc1c(CCC(=O)C=S(C)(C)=O)[nH]c2ccccc12. The Kier molecular flexibility index (Phi) is 5.83. The number of fused-ring (bicyclic) bond motifs is 1. The summed E-state index contributed by atoms with van der Waals surface area (Å²) < 4.78 is 16.7. The number of nitrogens with one attached hydrogen (secondary N) is 1. The van der Waals surface area contributed by atoms with Gasteiger partial charge in [0.25, 0.3) is 0 Å². The van der Waals surface area contributed by atoms with Gasteiger partial charge in [-0.1, -0.05) is 18.2 Å². The minimum atomic E-state index is -2.20. The van der Waals surface area contributed by atoms with Gasteiger partial charge in [-0.15, -0.1) is 0 Å². The average molecular weight is 349 g/mol. The Labute approximate surface area is 142 Å². The minimum Gasteiger partial charge on any atom is -0.466 e. The summed E-state index contributed by atoms with van der Waals surface area (Å²) >= 11 is 0. The third kappa shape index (κ3) is 4.96. The van der Waals surface area contributed by atoms with Crippen molar-refractivity contribution >= 4 is 37.5 Å². The number of Topliss-reactive ketones (excluding diaryl/α,β-unsaturated/α-hetero) is 1. The summed E-state index contributed by atoms with van der Waals surface area (Å²) in [5.74, 6) is -0.433. The number of carbonyl (C=O) groups is 2. The number of aromatic nitrogens is 1. The highest BCUT2D eigenvalue weighted by Crippen LogP contribution is 2.24.